The number of aliphatic hydroxyl groups excluding tert-OH is 1. The minimum atomic E-state index is -2.52. The second-order valence-electron chi connectivity index (χ2n) is 7.00. The first kappa shape index (κ1) is 15.4. The van der Waals surface area contributed by atoms with E-state index in [2.05, 4.69) is 14.9 Å². The summed E-state index contributed by atoms with van der Waals surface area (Å²) >= 11 is 0. The molecule has 2 aliphatic rings. The Morgan fingerprint density at radius 2 is 1.96 bits per heavy atom. The lowest BCUT2D eigenvalue weighted by molar-refractivity contribution is -0.0509. The van der Waals surface area contributed by atoms with Crippen LogP contribution in [0.2, 0.25) is 0 Å². The molecule has 1 aliphatic heterocycles. The van der Waals surface area contributed by atoms with Gasteiger partial charge in [-0.3, -0.25) is 9.97 Å². The number of nitrogens with zero attached hydrogens (tertiary/aromatic N) is 3. The maximum Gasteiger partial charge on any atom is 0.280 e. The van der Waals surface area contributed by atoms with Crippen LogP contribution in [0.1, 0.15) is 36.6 Å². The molecular weight excluding hydrogens is 312 g/mol. The van der Waals surface area contributed by atoms with Crippen LogP contribution in [0, 0.1) is 11.3 Å². The highest BCUT2D eigenvalue weighted by atomic mass is 19.3. The van der Waals surface area contributed by atoms with Crippen molar-refractivity contribution in [3.63, 3.8) is 0 Å². The maximum absolute atomic E-state index is 12.5. The van der Waals surface area contributed by atoms with Gasteiger partial charge in [-0.05, 0) is 42.5 Å². The van der Waals surface area contributed by atoms with Gasteiger partial charge in [0.15, 0.2) is 0 Å². The number of anilines is 1. The molecule has 0 amide bonds. The van der Waals surface area contributed by atoms with Crippen LogP contribution in [-0.4, -0.2) is 28.2 Å². The fourth-order valence-corrected chi connectivity index (χ4v) is 4.02. The number of alkyl halides is 2. The van der Waals surface area contributed by atoms with Gasteiger partial charge >= 0.3 is 0 Å². The molecule has 1 unspecified atom stereocenters. The quantitative estimate of drug-likeness (QED) is 0.933. The predicted molar refractivity (Wildman–Crippen MR) is 85.8 cm³/mol. The van der Waals surface area contributed by atoms with Crippen LogP contribution in [0.5, 0.6) is 0 Å². The molecule has 3 heterocycles. The van der Waals surface area contributed by atoms with Crippen molar-refractivity contribution in [2.24, 2.45) is 11.3 Å². The lowest BCUT2D eigenvalue weighted by Gasteiger charge is -2.60. The standard InChI is InChI=1S/C18H19F2N3O/c19-17(20)15-4-3-14(9-22-15)23-10-18(11-23)6-13(7-18)16(24)12-2-1-5-21-8-12/h1-5,8-9,13,16-17,24H,6-7,10-11H2. The van der Waals surface area contributed by atoms with Gasteiger partial charge in [-0.15, -0.1) is 0 Å². The molecule has 24 heavy (non-hydrogen) atoms. The number of aliphatic hydroxyl groups is 1. The van der Waals surface area contributed by atoms with Gasteiger partial charge in [0.1, 0.15) is 5.69 Å². The van der Waals surface area contributed by atoms with Gasteiger partial charge in [-0.25, -0.2) is 8.78 Å². The lowest BCUT2D eigenvalue weighted by atomic mass is 9.56. The summed E-state index contributed by atoms with van der Waals surface area (Å²) in [7, 11) is 0. The zero-order valence-electron chi connectivity index (χ0n) is 13.1. The van der Waals surface area contributed by atoms with Gasteiger partial charge in [-0.1, -0.05) is 6.07 Å². The second-order valence-corrected chi connectivity index (χ2v) is 7.00. The average molecular weight is 331 g/mol. The van der Waals surface area contributed by atoms with Gasteiger partial charge in [0.05, 0.1) is 18.0 Å². The fraction of sp³-hybridized carbons (Fsp3) is 0.444. The van der Waals surface area contributed by atoms with E-state index in [9.17, 15) is 13.9 Å². The Kier molecular flexibility index (Phi) is 3.72. The molecule has 4 rings (SSSR count). The molecule has 0 aromatic carbocycles. The third-order valence-electron chi connectivity index (χ3n) is 5.27. The molecule has 1 N–H and O–H groups in total. The number of aromatic nitrogens is 2. The van der Waals surface area contributed by atoms with Crippen LogP contribution in [-0.2, 0) is 0 Å². The summed E-state index contributed by atoms with van der Waals surface area (Å²) in [5.74, 6) is 0.274. The third-order valence-corrected chi connectivity index (χ3v) is 5.27. The molecular formula is C18H19F2N3O. The number of rotatable bonds is 4. The Morgan fingerprint density at radius 3 is 2.54 bits per heavy atom. The van der Waals surface area contributed by atoms with Crippen LogP contribution in [0.15, 0.2) is 42.9 Å². The molecule has 126 valence electrons. The molecule has 0 radical (unpaired) electrons. The minimum Gasteiger partial charge on any atom is -0.388 e. The van der Waals surface area contributed by atoms with Crippen LogP contribution in [0.3, 0.4) is 0 Å². The Bertz CT molecular complexity index is 694. The summed E-state index contributed by atoms with van der Waals surface area (Å²) < 4.78 is 25.1. The van der Waals surface area contributed by atoms with E-state index in [1.54, 1.807) is 18.5 Å². The first-order valence-corrected chi connectivity index (χ1v) is 8.13. The number of hydrogen-bond acceptors (Lipinski definition) is 4. The van der Waals surface area contributed by atoms with E-state index in [0.717, 1.165) is 37.2 Å². The molecule has 6 heteroatoms. The Morgan fingerprint density at radius 1 is 1.17 bits per heavy atom. The Hall–Kier alpha value is -2.08. The van der Waals surface area contributed by atoms with E-state index in [4.69, 9.17) is 0 Å². The zero-order chi connectivity index (χ0) is 16.7. The topological polar surface area (TPSA) is 49.3 Å². The second kappa shape index (κ2) is 5.77. The highest BCUT2D eigenvalue weighted by Gasteiger charge is 2.54. The molecule has 1 spiro atoms. The predicted octanol–water partition coefficient (Wildman–Crippen LogP) is 3.36. The van der Waals surface area contributed by atoms with Gasteiger partial charge in [0.2, 0.25) is 0 Å². The Balaban J connectivity index is 1.32. The first-order valence-electron chi connectivity index (χ1n) is 8.13. The number of hydrogen-bond donors (Lipinski definition) is 1. The maximum atomic E-state index is 12.5. The summed E-state index contributed by atoms with van der Waals surface area (Å²) in [4.78, 5) is 10.0. The van der Waals surface area contributed by atoms with Gasteiger partial charge in [0.25, 0.3) is 6.43 Å². The highest BCUT2D eigenvalue weighted by molar-refractivity contribution is 5.49. The molecule has 2 aromatic rings. The van der Waals surface area contributed by atoms with Gasteiger partial charge in [-0.2, -0.15) is 0 Å². The van der Waals surface area contributed by atoms with Crippen molar-refractivity contribution in [1.82, 2.24) is 9.97 Å². The molecule has 1 saturated heterocycles. The normalized spacial score (nSPS) is 20.8. The van der Waals surface area contributed by atoms with Crippen molar-refractivity contribution in [2.45, 2.75) is 25.4 Å². The molecule has 1 atom stereocenters. The summed E-state index contributed by atoms with van der Waals surface area (Å²) in [6.45, 7) is 1.80. The monoisotopic (exact) mass is 331 g/mol. The van der Waals surface area contributed by atoms with Gasteiger partial charge in [0, 0.05) is 30.9 Å². The first-order chi connectivity index (χ1) is 11.6. The van der Waals surface area contributed by atoms with Crippen molar-refractivity contribution in [2.75, 3.05) is 18.0 Å². The zero-order valence-corrected chi connectivity index (χ0v) is 13.1. The van der Waals surface area contributed by atoms with E-state index in [-0.39, 0.29) is 17.0 Å². The van der Waals surface area contributed by atoms with E-state index in [0.29, 0.717) is 0 Å². The number of halogens is 2. The van der Waals surface area contributed by atoms with E-state index in [1.807, 2.05) is 12.1 Å². The largest absolute Gasteiger partial charge is 0.388 e. The van der Waals surface area contributed by atoms with Crippen molar-refractivity contribution in [3.8, 4) is 0 Å². The lowest BCUT2D eigenvalue weighted by Crippen LogP contribution is -2.63. The van der Waals surface area contributed by atoms with Crippen LogP contribution < -0.4 is 4.90 Å². The molecule has 4 nitrogen and oxygen atoms in total. The SMILES string of the molecule is OC(c1cccnc1)C1CC2(C1)CN(c1ccc(C(F)F)nc1)C2. The van der Waals surface area contributed by atoms with Crippen LogP contribution in [0.4, 0.5) is 14.5 Å². The Labute approximate surface area is 139 Å². The van der Waals surface area contributed by atoms with Gasteiger partial charge < -0.3 is 10.0 Å². The smallest absolute Gasteiger partial charge is 0.280 e. The van der Waals surface area contributed by atoms with E-state index in [1.165, 1.54) is 12.3 Å². The summed E-state index contributed by atoms with van der Waals surface area (Å²) in [6, 6.07) is 6.85. The molecule has 1 aliphatic carbocycles. The van der Waals surface area contributed by atoms with E-state index < -0.39 is 12.5 Å². The molecule has 0 bridgehead atoms. The van der Waals surface area contributed by atoms with E-state index >= 15 is 0 Å². The van der Waals surface area contributed by atoms with Crippen molar-refractivity contribution >= 4 is 5.69 Å². The third kappa shape index (κ3) is 2.65. The van der Waals surface area contributed by atoms with Crippen molar-refractivity contribution in [3.05, 3.63) is 54.1 Å². The van der Waals surface area contributed by atoms with Crippen molar-refractivity contribution < 1.29 is 13.9 Å². The summed E-state index contributed by atoms with van der Waals surface area (Å²) in [5, 5.41) is 10.4. The minimum absolute atomic E-state index is 0.183. The average Bonchev–Trinajstić information content (AvgIpc) is 2.53. The summed E-state index contributed by atoms with van der Waals surface area (Å²) in [5.41, 5.74) is 1.84. The number of pyridine rings is 2. The highest BCUT2D eigenvalue weighted by Crippen LogP contribution is 2.56. The summed E-state index contributed by atoms with van der Waals surface area (Å²) in [6.07, 6.45) is 3.95. The van der Waals surface area contributed by atoms with Crippen molar-refractivity contribution in [1.29, 1.82) is 0 Å². The molecule has 1 saturated carbocycles. The fourth-order valence-electron chi connectivity index (χ4n) is 4.02. The van der Waals surface area contributed by atoms with Crippen LogP contribution >= 0.6 is 0 Å². The molecule has 2 aromatic heterocycles. The van der Waals surface area contributed by atoms with Crippen LogP contribution in [0.25, 0.3) is 0 Å². The molecule has 2 fully saturated rings.